The number of anilines is 1. The number of benzene rings is 2. The van der Waals surface area contributed by atoms with Crippen LogP contribution in [0.2, 0.25) is 0 Å². The molecule has 2 aliphatic rings. The topological polar surface area (TPSA) is 64.4 Å². The van der Waals surface area contributed by atoms with Crippen molar-refractivity contribution in [1.82, 2.24) is 9.55 Å². The van der Waals surface area contributed by atoms with E-state index in [2.05, 4.69) is 46.7 Å². The van der Waals surface area contributed by atoms with Crippen molar-refractivity contribution in [3.8, 4) is 11.4 Å². The molecular formula is C33H37N3O3S. The molecule has 2 aromatic heterocycles. The lowest BCUT2D eigenvalue weighted by atomic mass is 9.82. The van der Waals surface area contributed by atoms with Gasteiger partial charge in [-0.3, -0.25) is 9.59 Å². The molecule has 208 valence electrons. The quantitative estimate of drug-likeness (QED) is 0.211. The van der Waals surface area contributed by atoms with Crippen LogP contribution in [0.3, 0.4) is 0 Å². The third kappa shape index (κ3) is 5.37. The number of aryl methyl sites for hydroxylation is 1. The second kappa shape index (κ2) is 11.7. The van der Waals surface area contributed by atoms with E-state index < -0.39 is 0 Å². The summed E-state index contributed by atoms with van der Waals surface area (Å²) in [4.78, 5) is 35.3. The van der Waals surface area contributed by atoms with Crippen LogP contribution in [0.15, 0.2) is 54.6 Å². The Morgan fingerprint density at radius 2 is 1.85 bits per heavy atom. The third-order valence-corrected chi connectivity index (χ3v) is 9.48. The van der Waals surface area contributed by atoms with Gasteiger partial charge in [-0.25, -0.2) is 4.98 Å². The maximum atomic E-state index is 13.1. The van der Waals surface area contributed by atoms with Crippen LogP contribution in [0.5, 0.6) is 0 Å². The summed E-state index contributed by atoms with van der Waals surface area (Å²) in [5.41, 5.74) is 4.91. The molecular weight excluding hydrogens is 518 g/mol. The number of hydrogen-bond acceptors (Lipinski definition) is 6. The number of thiophene rings is 1. The Morgan fingerprint density at radius 1 is 1.02 bits per heavy atom. The zero-order chi connectivity index (χ0) is 27.6. The summed E-state index contributed by atoms with van der Waals surface area (Å²) in [6, 6.07) is 18.8. The van der Waals surface area contributed by atoms with E-state index in [4.69, 9.17) is 9.72 Å². The van der Waals surface area contributed by atoms with Crippen LogP contribution in [-0.2, 0) is 4.74 Å². The third-order valence-electron chi connectivity index (χ3n) is 8.44. The Labute approximate surface area is 240 Å². The lowest BCUT2D eigenvalue weighted by molar-refractivity contribution is 0.0944. The first kappa shape index (κ1) is 26.9. The van der Waals surface area contributed by atoms with Crippen molar-refractivity contribution in [2.45, 2.75) is 58.4 Å². The van der Waals surface area contributed by atoms with Crippen molar-refractivity contribution < 1.29 is 14.3 Å². The molecule has 1 aliphatic carbocycles. The van der Waals surface area contributed by atoms with Crippen molar-refractivity contribution in [2.75, 3.05) is 31.2 Å². The summed E-state index contributed by atoms with van der Waals surface area (Å²) in [6.07, 6.45) is 5.23. The fourth-order valence-electron chi connectivity index (χ4n) is 6.41. The number of ketones is 2. The smallest absolute Gasteiger partial charge is 0.173 e. The van der Waals surface area contributed by atoms with Crippen molar-refractivity contribution in [3.05, 3.63) is 69.9 Å². The number of carbonyl (C=O) groups excluding carboxylic acids is 2. The minimum absolute atomic E-state index is 0.131. The van der Waals surface area contributed by atoms with Gasteiger partial charge in [0.15, 0.2) is 11.6 Å². The molecule has 1 saturated carbocycles. The highest BCUT2D eigenvalue weighted by Crippen LogP contribution is 2.42. The van der Waals surface area contributed by atoms with Gasteiger partial charge in [-0.05, 0) is 74.6 Å². The average Bonchev–Trinajstić information content (AvgIpc) is 3.60. The van der Waals surface area contributed by atoms with Gasteiger partial charge in [0.1, 0.15) is 5.82 Å². The van der Waals surface area contributed by atoms with Gasteiger partial charge in [-0.1, -0.05) is 25.5 Å². The predicted octanol–water partition coefficient (Wildman–Crippen LogP) is 7.51. The van der Waals surface area contributed by atoms with E-state index in [1.807, 2.05) is 31.2 Å². The normalized spacial score (nSPS) is 19.7. The zero-order valence-corrected chi connectivity index (χ0v) is 24.2. The molecule has 3 heterocycles. The van der Waals surface area contributed by atoms with Gasteiger partial charge < -0.3 is 14.2 Å². The summed E-state index contributed by atoms with van der Waals surface area (Å²) in [5.74, 6) is 1.69. The molecule has 6 nitrogen and oxygen atoms in total. The Morgan fingerprint density at radius 3 is 2.62 bits per heavy atom. The van der Waals surface area contributed by atoms with E-state index in [9.17, 15) is 9.59 Å². The van der Waals surface area contributed by atoms with E-state index in [1.165, 1.54) is 10.6 Å². The van der Waals surface area contributed by atoms with Gasteiger partial charge >= 0.3 is 0 Å². The number of nitrogens with zero attached hydrogens (tertiary/aromatic N) is 3. The van der Waals surface area contributed by atoms with Gasteiger partial charge in [-0.15, -0.1) is 11.3 Å². The number of aromatic nitrogens is 2. The SMILES string of the molecule is CCC(=O)c1ccc2c(c1)nc(-c1ccccc1N1CCOCC1)n2[C@H]1CCC[C@@H](CC(=O)c2ccc(C)s2)C1. The molecule has 0 spiro atoms. The van der Waals surface area contributed by atoms with Crippen LogP contribution in [0.25, 0.3) is 22.4 Å². The number of carbonyl (C=O) groups is 2. The van der Waals surface area contributed by atoms with Crippen LogP contribution >= 0.6 is 11.3 Å². The fourth-order valence-corrected chi connectivity index (χ4v) is 7.22. The first-order chi connectivity index (χ1) is 19.5. The number of ether oxygens (including phenoxy) is 1. The molecule has 2 aromatic carbocycles. The number of hydrogen-bond donors (Lipinski definition) is 0. The van der Waals surface area contributed by atoms with Crippen LogP contribution in [0.1, 0.15) is 76.4 Å². The van der Waals surface area contributed by atoms with Crippen LogP contribution in [-0.4, -0.2) is 47.4 Å². The maximum absolute atomic E-state index is 13.1. The Balaban J connectivity index is 1.40. The molecule has 1 aliphatic heterocycles. The number of para-hydroxylation sites is 1. The molecule has 4 aromatic rings. The molecule has 0 radical (unpaired) electrons. The molecule has 0 bridgehead atoms. The molecule has 2 fully saturated rings. The first-order valence-corrected chi connectivity index (χ1v) is 15.4. The predicted molar refractivity (Wildman–Crippen MR) is 162 cm³/mol. The maximum Gasteiger partial charge on any atom is 0.173 e. The summed E-state index contributed by atoms with van der Waals surface area (Å²) in [5, 5.41) is 0. The first-order valence-electron chi connectivity index (χ1n) is 14.6. The van der Waals surface area contributed by atoms with Gasteiger partial charge in [-0.2, -0.15) is 0 Å². The molecule has 7 heteroatoms. The van der Waals surface area contributed by atoms with Crippen molar-refractivity contribution in [1.29, 1.82) is 0 Å². The van der Waals surface area contributed by atoms with Crippen LogP contribution in [0, 0.1) is 12.8 Å². The minimum atomic E-state index is 0.131. The summed E-state index contributed by atoms with van der Waals surface area (Å²) in [7, 11) is 0. The minimum Gasteiger partial charge on any atom is -0.378 e. The highest BCUT2D eigenvalue weighted by Gasteiger charge is 2.30. The molecule has 0 N–H and O–H groups in total. The number of morpholine rings is 1. The highest BCUT2D eigenvalue weighted by atomic mass is 32.1. The van der Waals surface area contributed by atoms with Crippen LogP contribution in [0.4, 0.5) is 5.69 Å². The molecule has 0 unspecified atom stereocenters. The van der Waals surface area contributed by atoms with E-state index >= 15 is 0 Å². The van der Waals surface area contributed by atoms with Crippen molar-refractivity contribution >= 4 is 39.6 Å². The molecule has 2 atom stereocenters. The second-order valence-electron chi connectivity index (χ2n) is 11.1. The van der Waals surface area contributed by atoms with Gasteiger partial charge in [0, 0.05) is 53.7 Å². The van der Waals surface area contributed by atoms with E-state index in [0.29, 0.717) is 24.3 Å². The Kier molecular flexibility index (Phi) is 7.85. The van der Waals surface area contributed by atoms with Gasteiger partial charge in [0.25, 0.3) is 0 Å². The Bertz CT molecular complexity index is 1530. The number of fused-ring (bicyclic) bond motifs is 1. The standard InChI is InChI=1S/C33H37N3O3S/c1-3-30(37)24-12-13-29-27(21-24)34-33(26-9-4-5-10-28(26)35-15-17-39-18-16-35)36(29)25-8-6-7-23(19-25)20-31(38)32-14-11-22(2)40-32/h4-5,9-14,21,23,25H,3,6-8,15-20H2,1-2H3/t23-,25+/m1/s1. The van der Waals surface area contributed by atoms with E-state index in [0.717, 1.165) is 79.3 Å². The van der Waals surface area contributed by atoms with E-state index in [-0.39, 0.29) is 17.6 Å². The lowest BCUT2D eigenvalue weighted by Crippen LogP contribution is -2.36. The van der Waals surface area contributed by atoms with Crippen molar-refractivity contribution in [2.24, 2.45) is 5.92 Å². The highest BCUT2D eigenvalue weighted by molar-refractivity contribution is 7.14. The average molecular weight is 556 g/mol. The molecule has 1 saturated heterocycles. The van der Waals surface area contributed by atoms with Crippen LogP contribution < -0.4 is 4.90 Å². The number of rotatable bonds is 8. The van der Waals surface area contributed by atoms with Gasteiger partial charge in [0.05, 0.1) is 29.1 Å². The zero-order valence-electron chi connectivity index (χ0n) is 23.4. The van der Waals surface area contributed by atoms with Gasteiger partial charge in [0.2, 0.25) is 0 Å². The summed E-state index contributed by atoms with van der Waals surface area (Å²) < 4.78 is 8.05. The fraction of sp³-hybridized carbons (Fsp3) is 0.424. The molecule has 6 rings (SSSR count). The molecule has 40 heavy (non-hydrogen) atoms. The lowest BCUT2D eigenvalue weighted by Gasteiger charge is -2.33. The number of imidazole rings is 1. The monoisotopic (exact) mass is 555 g/mol. The summed E-state index contributed by atoms with van der Waals surface area (Å²) in [6.45, 7) is 7.09. The largest absolute Gasteiger partial charge is 0.378 e. The van der Waals surface area contributed by atoms with Crippen molar-refractivity contribution in [3.63, 3.8) is 0 Å². The second-order valence-corrected chi connectivity index (χ2v) is 12.4. The van der Waals surface area contributed by atoms with E-state index in [1.54, 1.807) is 11.3 Å². The Hall–Kier alpha value is -3.29. The summed E-state index contributed by atoms with van der Waals surface area (Å²) >= 11 is 1.60. The molecule has 0 amide bonds. The number of Topliss-reactive ketones (excluding diaryl/α,β-unsaturated/α-hetero) is 2.